The van der Waals surface area contributed by atoms with Gasteiger partial charge in [-0.1, -0.05) is 0 Å². The van der Waals surface area contributed by atoms with Crippen molar-refractivity contribution in [2.75, 3.05) is 13.2 Å². The topological polar surface area (TPSA) is 208 Å². The normalized spacial score (nSPS) is 15.5. The Morgan fingerprint density at radius 3 is 1.63 bits per heavy atom. The van der Waals surface area contributed by atoms with Crippen molar-refractivity contribution in [1.82, 2.24) is 0 Å². The highest BCUT2D eigenvalue weighted by molar-refractivity contribution is 5.69. The van der Waals surface area contributed by atoms with E-state index in [0.717, 1.165) is 0 Å². The first-order valence-corrected chi connectivity index (χ1v) is 5.13. The minimum Gasteiger partial charge on any atom is -0.397 e. The SMILES string of the molecule is CCO.NC(N)=O.O=C[C@H](O)[C@@H](O)[C@H](O)[C@H](O)CO. The van der Waals surface area contributed by atoms with Gasteiger partial charge in [0.1, 0.15) is 24.4 Å². The molecule has 0 aliphatic rings. The Kier molecular flexibility index (Phi) is 17.7. The molecule has 0 fully saturated rings. The zero-order valence-corrected chi connectivity index (χ0v) is 10.5. The first-order chi connectivity index (χ1) is 8.69. The summed E-state index contributed by atoms with van der Waals surface area (Å²) in [5, 5.41) is 51.1. The highest BCUT2D eigenvalue weighted by atomic mass is 16.4. The molecule has 0 heterocycles. The van der Waals surface area contributed by atoms with Gasteiger partial charge >= 0.3 is 6.03 Å². The third kappa shape index (κ3) is 16.7. The van der Waals surface area contributed by atoms with Gasteiger partial charge in [-0.05, 0) is 6.92 Å². The molecule has 0 aromatic carbocycles. The fourth-order valence-corrected chi connectivity index (χ4v) is 0.618. The standard InChI is InChI=1S/C6H12O6.C2H6O.CH4N2O/c7-1-3(9)5(11)6(12)4(10)2-8;1-2-3;2-1(3)4/h1,3-6,8-12H,2H2;3H,2H2,1H3;(H4,2,3,4)/t3-,4+,5+,6+;;/m0../s1. The number of amides is 2. The molecule has 0 spiro atoms. The van der Waals surface area contributed by atoms with Crippen molar-refractivity contribution in [2.45, 2.75) is 31.3 Å². The number of rotatable bonds is 5. The van der Waals surface area contributed by atoms with Crippen LogP contribution < -0.4 is 11.5 Å². The average molecular weight is 286 g/mol. The number of carbonyl (C=O) groups excluding carboxylic acids is 2. The predicted octanol–water partition coefficient (Wildman–Crippen LogP) is -4.36. The smallest absolute Gasteiger partial charge is 0.309 e. The maximum atomic E-state index is 9.90. The number of hydrogen-bond acceptors (Lipinski definition) is 8. The summed E-state index contributed by atoms with van der Waals surface area (Å²) in [5.41, 5.74) is 8.50. The Balaban J connectivity index is -0.000000303. The van der Waals surface area contributed by atoms with Crippen molar-refractivity contribution >= 4 is 12.3 Å². The summed E-state index contributed by atoms with van der Waals surface area (Å²) in [6.07, 6.45) is -6.84. The largest absolute Gasteiger partial charge is 0.397 e. The van der Waals surface area contributed by atoms with Crippen molar-refractivity contribution in [1.29, 1.82) is 0 Å². The molecule has 0 unspecified atom stereocenters. The van der Waals surface area contributed by atoms with E-state index in [-0.39, 0.29) is 12.9 Å². The van der Waals surface area contributed by atoms with E-state index in [1.165, 1.54) is 0 Å². The van der Waals surface area contributed by atoms with Crippen molar-refractivity contribution in [3.63, 3.8) is 0 Å². The predicted molar refractivity (Wildman–Crippen MR) is 63.7 cm³/mol. The second-order valence-electron chi connectivity index (χ2n) is 3.08. The zero-order chi connectivity index (χ0) is 16.0. The lowest BCUT2D eigenvalue weighted by Gasteiger charge is -2.22. The summed E-state index contributed by atoms with van der Waals surface area (Å²) >= 11 is 0. The van der Waals surface area contributed by atoms with Crippen LogP contribution in [0.15, 0.2) is 0 Å². The maximum Gasteiger partial charge on any atom is 0.309 e. The van der Waals surface area contributed by atoms with Gasteiger partial charge in [-0.25, -0.2) is 4.79 Å². The Morgan fingerprint density at radius 1 is 1.11 bits per heavy atom. The van der Waals surface area contributed by atoms with Gasteiger partial charge in [0, 0.05) is 6.61 Å². The second-order valence-corrected chi connectivity index (χ2v) is 3.08. The summed E-state index contributed by atoms with van der Waals surface area (Å²) in [4.78, 5) is 18.9. The molecular weight excluding hydrogens is 264 g/mol. The quantitative estimate of drug-likeness (QED) is 0.231. The molecule has 10 heteroatoms. The molecule has 4 atom stereocenters. The lowest BCUT2D eigenvalue weighted by molar-refractivity contribution is -0.136. The highest BCUT2D eigenvalue weighted by Gasteiger charge is 2.29. The van der Waals surface area contributed by atoms with Crippen LogP contribution in [0, 0.1) is 0 Å². The molecule has 19 heavy (non-hydrogen) atoms. The van der Waals surface area contributed by atoms with Crippen molar-refractivity contribution in [2.24, 2.45) is 11.5 Å². The molecule has 2 amide bonds. The molecule has 0 aromatic rings. The van der Waals surface area contributed by atoms with Gasteiger partial charge in [0.15, 0.2) is 6.29 Å². The van der Waals surface area contributed by atoms with Gasteiger partial charge in [-0.3, -0.25) is 0 Å². The molecule has 0 aliphatic carbocycles. The molecule has 0 aliphatic heterocycles. The first-order valence-electron chi connectivity index (χ1n) is 5.13. The van der Waals surface area contributed by atoms with Gasteiger partial charge in [0.25, 0.3) is 0 Å². The molecule has 0 aromatic heterocycles. The van der Waals surface area contributed by atoms with Crippen LogP contribution in [-0.2, 0) is 4.79 Å². The van der Waals surface area contributed by atoms with E-state index < -0.39 is 37.1 Å². The summed E-state index contributed by atoms with van der Waals surface area (Å²) in [6.45, 7) is 1.17. The molecule has 10 N–H and O–H groups in total. The van der Waals surface area contributed by atoms with Crippen LogP contribution in [0.1, 0.15) is 6.92 Å². The number of hydrogen-bond donors (Lipinski definition) is 8. The summed E-state index contributed by atoms with van der Waals surface area (Å²) in [5.74, 6) is 0. The van der Waals surface area contributed by atoms with Crippen LogP contribution in [0.25, 0.3) is 0 Å². The fraction of sp³-hybridized carbons (Fsp3) is 0.778. The van der Waals surface area contributed by atoms with Crippen LogP contribution in [-0.4, -0.2) is 80.6 Å². The molecule has 0 radical (unpaired) electrons. The average Bonchev–Trinajstić information content (AvgIpc) is 2.35. The molecule has 0 saturated heterocycles. The zero-order valence-electron chi connectivity index (χ0n) is 10.5. The van der Waals surface area contributed by atoms with Gasteiger partial charge < -0.3 is 46.9 Å². The number of aliphatic hydroxyl groups excluding tert-OH is 6. The van der Waals surface area contributed by atoms with E-state index in [1.807, 2.05) is 0 Å². The minimum absolute atomic E-state index is 0.0258. The van der Waals surface area contributed by atoms with Crippen LogP contribution >= 0.6 is 0 Å². The van der Waals surface area contributed by atoms with Crippen molar-refractivity contribution in [3.8, 4) is 0 Å². The lowest BCUT2D eigenvalue weighted by atomic mass is 10.0. The van der Waals surface area contributed by atoms with E-state index in [2.05, 4.69) is 11.5 Å². The summed E-state index contributed by atoms with van der Waals surface area (Å²) in [6, 6.07) is -0.833. The van der Waals surface area contributed by atoms with Crippen LogP contribution in [0.3, 0.4) is 0 Å². The summed E-state index contributed by atoms with van der Waals surface area (Å²) < 4.78 is 0. The Morgan fingerprint density at radius 2 is 1.42 bits per heavy atom. The van der Waals surface area contributed by atoms with Crippen molar-refractivity contribution in [3.05, 3.63) is 0 Å². The van der Waals surface area contributed by atoms with E-state index in [0.29, 0.717) is 0 Å². The van der Waals surface area contributed by atoms with Crippen LogP contribution in [0.4, 0.5) is 4.79 Å². The third-order valence-corrected chi connectivity index (χ3v) is 1.42. The minimum atomic E-state index is -1.79. The molecule has 0 rings (SSSR count). The third-order valence-electron chi connectivity index (χ3n) is 1.42. The van der Waals surface area contributed by atoms with E-state index in [4.69, 9.17) is 35.4 Å². The molecule has 0 saturated carbocycles. The fourth-order valence-electron chi connectivity index (χ4n) is 0.618. The number of aliphatic hydroxyl groups is 6. The first kappa shape index (κ1) is 22.8. The Labute approximate surface area is 109 Å². The van der Waals surface area contributed by atoms with Crippen LogP contribution in [0.2, 0.25) is 0 Å². The molecule has 0 bridgehead atoms. The number of primary amides is 2. The lowest BCUT2D eigenvalue weighted by Crippen LogP contribution is -2.46. The van der Waals surface area contributed by atoms with Gasteiger partial charge in [-0.15, -0.1) is 0 Å². The molecule has 10 nitrogen and oxygen atoms in total. The maximum absolute atomic E-state index is 9.90. The monoisotopic (exact) mass is 286 g/mol. The Hall–Kier alpha value is -1.30. The van der Waals surface area contributed by atoms with E-state index in [1.54, 1.807) is 6.92 Å². The number of carbonyl (C=O) groups is 2. The highest BCUT2D eigenvalue weighted by Crippen LogP contribution is 2.02. The number of urea groups is 1. The second kappa shape index (κ2) is 14.8. The van der Waals surface area contributed by atoms with E-state index >= 15 is 0 Å². The van der Waals surface area contributed by atoms with Gasteiger partial charge in [0.05, 0.1) is 6.61 Å². The Bertz CT molecular complexity index is 224. The molecule has 116 valence electrons. The van der Waals surface area contributed by atoms with Gasteiger partial charge in [-0.2, -0.15) is 0 Å². The van der Waals surface area contributed by atoms with Gasteiger partial charge in [0.2, 0.25) is 0 Å². The van der Waals surface area contributed by atoms with Crippen molar-refractivity contribution < 1.29 is 40.2 Å². The summed E-state index contributed by atoms with van der Waals surface area (Å²) in [7, 11) is 0. The number of aldehydes is 1. The number of nitrogens with two attached hydrogens (primary N) is 2. The van der Waals surface area contributed by atoms with Crippen LogP contribution in [0.5, 0.6) is 0 Å². The van der Waals surface area contributed by atoms with E-state index in [9.17, 15) is 4.79 Å². The molecular formula is C9H22N2O8.